The number of pyridine rings is 1. The molecule has 0 unspecified atom stereocenters. The van der Waals surface area contributed by atoms with E-state index in [4.69, 9.17) is 4.74 Å². The van der Waals surface area contributed by atoms with Gasteiger partial charge in [-0.25, -0.2) is 5.43 Å². The van der Waals surface area contributed by atoms with Gasteiger partial charge in [0.1, 0.15) is 5.75 Å². The first kappa shape index (κ1) is 22.9. The molecule has 8 heteroatoms. The Balaban J connectivity index is 1.45. The van der Waals surface area contributed by atoms with Crippen LogP contribution < -0.4 is 15.7 Å². The summed E-state index contributed by atoms with van der Waals surface area (Å²) in [6, 6.07) is 16.3. The van der Waals surface area contributed by atoms with E-state index in [-0.39, 0.29) is 23.9 Å². The Bertz CT molecular complexity index is 1460. The van der Waals surface area contributed by atoms with Crippen molar-refractivity contribution in [1.82, 2.24) is 9.99 Å². The Kier molecular flexibility index (Phi) is 6.37. The largest absolute Gasteiger partial charge is 0.497 e. The number of aryl methyl sites for hydroxylation is 2. The third-order valence-electron chi connectivity index (χ3n) is 6.27. The molecule has 4 aromatic rings. The van der Waals surface area contributed by atoms with Crippen LogP contribution in [0.3, 0.4) is 0 Å². The van der Waals surface area contributed by atoms with Crippen LogP contribution in [0.2, 0.25) is 0 Å². The molecule has 2 N–H and O–H groups in total. The number of nitrogens with one attached hydrogen (secondary N) is 1. The number of thiophene rings is 1. The molecule has 2 aromatic carbocycles. The van der Waals surface area contributed by atoms with Crippen molar-refractivity contribution in [2.24, 2.45) is 5.10 Å². The second-order valence-electron chi connectivity index (χ2n) is 8.49. The minimum absolute atomic E-state index is 0.174. The van der Waals surface area contributed by atoms with Crippen LogP contribution in [-0.4, -0.2) is 28.9 Å². The number of carbonyl (C=O) groups excluding carboxylic acids is 1. The monoisotopic (exact) mass is 487 g/mol. The van der Waals surface area contributed by atoms with Gasteiger partial charge in [0.15, 0.2) is 0 Å². The minimum Gasteiger partial charge on any atom is -0.497 e. The molecule has 2 aromatic heterocycles. The lowest BCUT2D eigenvalue weighted by Gasteiger charge is -2.14. The number of aromatic nitrogens is 1. The van der Waals surface area contributed by atoms with Gasteiger partial charge in [0, 0.05) is 15.6 Å². The van der Waals surface area contributed by atoms with Gasteiger partial charge in [0.05, 0.1) is 30.3 Å². The minimum atomic E-state index is -0.306. The molecule has 0 radical (unpaired) electrons. The number of methoxy groups -OCH3 is 1. The number of amides is 1. The van der Waals surface area contributed by atoms with Gasteiger partial charge in [-0.15, -0.1) is 11.3 Å². The standard InChI is InChI=1S/C27H25N3O4S/c1-34-19-12-10-17(11-13-19)16-30-26(32)21-8-4-3-7-20(21)22(27(30)33)15-28-29-25(31)24-14-18-6-2-5-9-23(18)35-24/h3-4,7-8,10-15,33H,2,5-6,9,16H2,1H3,(H,29,31). The molecule has 0 bridgehead atoms. The summed E-state index contributed by atoms with van der Waals surface area (Å²) >= 11 is 1.51. The number of hydrogen-bond donors (Lipinski definition) is 2. The topological polar surface area (TPSA) is 92.9 Å². The molecule has 0 saturated heterocycles. The second-order valence-corrected chi connectivity index (χ2v) is 9.62. The molecule has 1 amide bonds. The van der Waals surface area contributed by atoms with E-state index in [0.717, 1.165) is 31.2 Å². The lowest BCUT2D eigenvalue weighted by molar-refractivity contribution is 0.0959. The number of fused-ring (bicyclic) bond motifs is 2. The SMILES string of the molecule is COc1ccc(Cn2c(O)c(C=NNC(=O)c3cc4c(s3)CCCC4)c3ccccc3c2=O)cc1. The fraction of sp³-hybridized carbons (Fsp3) is 0.222. The highest BCUT2D eigenvalue weighted by atomic mass is 32.1. The van der Waals surface area contributed by atoms with Crippen LogP contribution in [0.15, 0.2) is 64.5 Å². The van der Waals surface area contributed by atoms with Crippen molar-refractivity contribution in [3.8, 4) is 11.6 Å². The predicted molar refractivity (Wildman–Crippen MR) is 138 cm³/mol. The number of hydrogen-bond acceptors (Lipinski definition) is 6. The lowest BCUT2D eigenvalue weighted by Crippen LogP contribution is -2.22. The summed E-state index contributed by atoms with van der Waals surface area (Å²) in [5.41, 5.74) is 4.71. The van der Waals surface area contributed by atoms with E-state index in [1.165, 1.54) is 32.6 Å². The molecule has 0 saturated carbocycles. The highest BCUT2D eigenvalue weighted by molar-refractivity contribution is 7.14. The van der Waals surface area contributed by atoms with Crippen molar-refractivity contribution >= 4 is 34.2 Å². The summed E-state index contributed by atoms with van der Waals surface area (Å²) in [7, 11) is 1.59. The van der Waals surface area contributed by atoms with Gasteiger partial charge in [-0.2, -0.15) is 5.10 Å². The molecule has 0 fully saturated rings. The lowest BCUT2D eigenvalue weighted by atomic mass is 9.99. The fourth-order valence-corrected chi connectivity index (χ4v) is 5.56. The number of hydrazone groups is 1. The molecule has 35 heavy (non-hydrogen) atoms. The van der Waals surface area contributed by atoms with Crippen LogP contribution in [0.5, 0.6) is 11.6 Å². The fourth-order valence-electron chi connectivity index (χ4n) is 4.41. The number of carbonyl (C=O) groups is 1. The summed E-state index contributed by atoms with van der Waals surface area (Å²) < 4.78 is 6.50. The third kappa shape index (κ3) is 4.57. The van der Waals surface area contributed by atoms with Crippen LogP contribution in [0.1, 0.15) is 44.1 Å². The molecular formula is C27H25N3O4S. The molecule has 7 nitrogen and oxygen atoms in total. The van der Waals surface area contributed by atoms with E-state index in [0.29, 0.717) is 27.0 Å². The van der Waals surface area contributed by atoms with Gasteiger partial charge < -0.3 is 9.84 Å². The van der Waals surface area contributed by atoms with E-state index < -0.39 is 0 Å². The Morgan fingerprint density at radius 1 is 1.14 bits per heavy atom. The summed E-state index contributed by atoms with van der Waals surface area (Å²) in [5.74, 6) is 0.212. The highest BCUT2D eigenvalue weighted by Gasteiger charge is 2.18. The number of nitrogens with zero attached hydrogens (tertiary/aromatic N) is 2. The number of rotatable bonds is 6. The van der Waals surface area contributed by atoms with Gasteiger partial charge in [-0.3, -0.25) is 14.2 Å². The second kappa shape index (κ2) is 9.76. The maximum atomic E-state index is 13.2. The zero-order chi connectivity index (χ0) is 24.4. The van der Waals surface area contributed by atoms with Crippen LogP contribution >= 0.6 is 11.3 Å². The number of aromatic hydroxyl groups is 1. The zero-order valence-corrected chi connectivity index (χ0v) is 20.1. The van der Waals surface area contributed by atoms with Gasteiger partial charge >= 0.3 is 0 Å². The molecule has 2 heterocycles. The Morgan fingerprint density at radius 3 is 2.63 bits per heavy atom. The maximum absolute atomic E-state index is 13.2. The van der Waals surface area contributed by atoms with Crippen LogP contribution in [0.4, 0.5) is 0 Å². The molecule has 0 aliphatic heterocycles. The Hall–Kier alpha value is -3.91. The van der Waals surface area contributed by atoms with Gasteiger partial charge in [0.2, 0.25) is 5.88 Å². The Labute approximate surface area is 206 Å². The van der Waals surface area contributed by atoms with Crippen LogP contribution in [0.25, 0.3) is 10.8 Å². The van der Waals surface area contributed by atoms with Crippen LogP contribution in [-0.2, 0) is 19.4 Å². The molecule has 0 atom stereocenters. The summed E-state index contributed by atoms with van der Waals surface area (Å²) in [4.78, 5) is 27.7. The average molecular weight is 488 g/mol. The van der Waals surface area contributed by atoms with Gasteiger partial charge in [-0.05, 0) is 61.1 Å². The summed E-state index contributed by atoms with van der Waals surface area (Å²) in [6.07, 6.45) is 5.74. The average Bonchev–Trinajstić information content (AvgIpc) is 3.33. The first-order chi connectivity index (χ1) is 17.0. The van der Waals surface area contributed by atoms with E-state index in [1.807, 2.05) is 18.2 Å². The molecule has 5 rings (SSSR count). The molecule has 178 valence electrons. The first-order valence-corrected chi connectivity index (χ1v) is 12.3. The quantitative estimate of drug-likeness (QED) is 0.310. The smallest absolute Gasteiger partial charge is 0.281 e. The van der Waals surface area contributed by atoms with Gasteiger partial charge in [0.25, 0.3) is 11.5 Å². The predicted octanol–water partition coefficient (Wildman–Crippen LogP) is 4.47. The van der Waals surface area contributed by atoms with E-state index >= 15 is 0 Å². The van der Waals surface area contributed by atoms with Crippen molar-refractivity contribution in [3.05, 3.63) is 91.4 Å². The zero-order valence-electron chi connectivity index (χ0n) is 19.3. The molecular weight excluding hydrogens is 462 g/mol. The van der Waals surface area contributed by atoms with Crippen LogP contribution in [0, 0.1) is 0 Å². The molecule has 1 aliphatic rings. The third-order valence-corrected chi connectivity index (χ3v) is 7.51. The molecule has 0 spiro atoms. The van der Waals surface area contributed by atoms with E-state index in [2.05, 4.69) is 10.5 Å². The maximum Gasteiger partial charge on any atom is 0.281 e. The summed E-state index contributed by atoms with van der Waals surface area (Å²) in [6.45, 7) is 0.174. The van der Waals surface area contributed by atoms with E-state index in [9.17, 15) is 14.7 Å². The molecule has 1 aliphatic carbocycles. The van der Waals surface area contributed by atoms with Crippen molar-refractivity contribution in [3.63, 3.8) is 0 Å². The Morgan fingerprint density at radius 2 is 1.89 bits per heavy atom. The van der Waals surface area contributed by atoms with Crippen molar-refractivity contribution in [2.75, 3.05) is 7.11 Å². The van der Waals surface area contributed by atoms with Crippen molar-refractivity contribution in [2.45, 2.75) is 32.2 Å². The summed E-state index contributed by atoms with van der Waals surface area (Å²) in [5, 5.41) is 16.2. The highest BCUT2D eigenvalue weighted by Crippen LogP contribution is 2.29. The van der Waals surface area contributed by atoms with Crippen molar-refractivity contribution in [1.29, 1.82) is 0 Å². The van der Waals surface area contributed by atoms with E-state index in [1.54, 1.807) is 43.5 Å². The van der Waals surface area contributed by atoms with Crippen molar-refractivity contribution < 1.29 is 14.6 Å². The normalized spacial score (nSPS) is 13.2. The first-order valence-electron chi connectivity index (χ1n) is 11.5. The van der Waals surface area contributed by atoms with Gasteiger partial charge in [-0.1, -0.05) is 30.3 Å². The number of benzene rings is 2. The number of ether oxygens (including phenoxy) is 1.